The Morgan fingerprint density at radius 2 is 1.24 bits per heavy atom. The Morgan fingerprint density at radius 3 is 1.38 bits per heavy atom. The molecule has 2 saturated heterocycles. The van der Waals surface area contributed by atoms with Crippen molar-refractivity contribution in [2.45, 2.75) is 25.9 Å². The van der Waals surface area contributed by atoms with Crippen LogP contribution in [-0.4, -0.2) is 94.1 Å². The average Bonchev–Trinajstić information content (AvgIpc) is 3.29. The van der Waals surface area contributed by atoms with Gasteiger partial charge in [0.2, 0.25) is 0 Å². The number of nitrogens with zero attached hydrogens (tertiary/aromatic N) is 2. The molecule has 0 aromatic heterocycles. The monoisotopic (exact) mass is 306 g/mol. The molecule has 2 heterocycles. The van der Waals surface area contributed by atoms with Crippen LogP contribution < -0.4 is 0 Å². The third-order valence-electron chi connectivity index (χ3n) is 2.63. The molecule has 0 aromatic carbocycles. The summed E-state index contributed by atoms with van der Waals surface area (Å²) in [5.74, 6) is -1.39. The van der Waals surface area contributed by atoms with Crippen molar-refractivity contribution in [3.05, 3.63) is 0 Å². The lowest BCUT2D eigenvalue weighted by Gasteiger charge is -1.92. The van der Waals surface area contributed by atoms with Crippen LogP contribution >= 0.6 is 0 Å². The number of rotatable bonds is 7. The summed E-state index contributed by atoms with van der Waals surface area (Å²) in [7, 11) is 0. The largest absolute Gasteiger partial charge is 0.481 e. The first-order valence-corrected chi connectivity index (χ1v) is 7.02. The third kappa shape index (κ3) is 18.8. The van der Waals surface area contributed by atoms with E-state index in [2.05, 4.69) is 9.80 Å². The second kappa shape index (κ2) is 11.4. The van der Waals surface area contributed by atoms with E-state index in [1.54, 1.807) is 0 Å². The highest BCUT2D eigenvalue weighted by Gasteiger charge is 2.17. The van der Waals surface area contributed by atoms with Gasteiger partial charge >= 0.3 is 11.9 Å². The molecule has 21 heavy (non-hydrogen) atoms. The summed E-state index contributed by atoms with van der Waals surface area (Å²) in [6, 6.07) is 0. The first-order valence-electron chi connectivity index (χ1n) is 7.02. The molecular formula is C13H26N2O6. The minimum atomic E-state index is -0.697. The lowest BCUT2D eigenvalue weighted by atomic mass is 10.4. The highest BCUT2D eigenvalue weighted by Crippen LogP contribution is 2.03. The van der Waals surface area contributed by atoms with Gasteiger partial charge in [-0.25, -0.2) is 0 Å². The van der Waals surface area contributed by atoms with Gasteiger partial charge in [-0.05, 0) is 6.92 Å². The minimum absolute atomic E-state index is 0.139. The van der Waals surface area contributed by atoms with Crippen LogP contribution in [0.15, 0.2) is 0 Å². The predicted octanol–water partition coefficient (Wildman–Crippen LogP) is -1.09. The van der Waals surface area contributed by atoms with Crippen LogP contribution in [0.3, 0.4) is 0 Å². The van der Waals surface area contributed by atoms with E-state index in [0.717, 1.165) is 39.3 Å². The third-order valence-corrected chi connectivity index (χ3v) is 2.63. The van der Waals surface area contributed by atoms with E-state index in [0.29, 0.717) is 12.8 Å². The summed E-state index contributed by atoms with van der Waals surface area (Å²) in [6.07, 6.45) is 0.0231. The zero-order chi connectivity index (χ0) is 16.3. The summed E-state index contributed by atoms with van der Waals surface area (Å²) < 4.78 is 0. The first kappa shape index (κ1) is 19.8. The summed E-state index contributed by atoms with van der Waals surface area (Å²) in [5, 5.41) is 32.3. The molecule has 0 saturated carbocycles. The Kier molecular flexibility index (Phi) is 10.8. The van der Waals surface area contributed by atoms with Gasteiger partial charge in [-0.3, -0.25) is 9.59 Å². The lowest BCUT2D eigenvalue weighted by Crippen LogP contribution is -2.05. The fourth-order valence-electron chi connectivity index (χ4n) is 1.10. The number of aliphatic hydroxyl groups is 2. The predicted molar refractivity (Wildman–Crippen MR) is 76.2 cm³/mol. The number of carboxylic acids is 2. The Labute approximate surface area is 124 Å². The fourth-order valence-corrected chi connectivity index (χ4v) is 1.10. The Balaban J connectivity index is 0.000000296. The molecule has 1 atom stereocenters. The Hall–Kier alpha value is -1.22. The van der Waals surface area contributed by atoms with Crippen molar-refractivity contribution in [3.63, 3.8) is 0 Å². The molecule has 2 aliphatic heterocycles. The topological polar surface area (TPSA) is 121 Å². The molecule has 0 aliphatic carbocycles. The van der Waals surface area contributed by atoms with Crippen LogP contribution in [-0.2, 0) is 9.59 Å². The van der Waals surface area contributed by atoms with Gasteiger partial charge in [-0.15, -0.1) is 0 Å². The maximum absolute atomic E-state index is 9.90. The van der Waals surface area contributed by atoms with Gasteiger partial charge in [0, 0.05) is 39.3 Å². The number of carboxylic acid groups (broad SMARTS) is 2. The van der Waals surface area contributed by atoms with Crippen LogP contribution in [0.1, 0.15) is 19.8 Å². The number of hydrogen-bond donors (Lipinski definition) is 4. The zero-order valence-corrected chi connectivity index (χ0v) is 12.4. The Bertz CT molecular complexity index is 277. The smallest absolute Gasteiger partial charge is 0.304 e. The normalized spacial score (nSPS) is 17.7. The second-order valence-corrected chi connectivity index (χ2v) is 5.00. The van der Waals surface area contributed by atoms with Gasteiger partial charge < -0.3 is 30.2 Å². The number of aliphatic carboxylic acids is 2. The zero-order valence-electron chi connectivity index (χ0n) is 12.4. The SMILES string of the molecule is CC(O)CO.O=C(O)CCN1CC1.O=C(O)CCN1CC1. The van der Waals surface area contributed by atoms with Crippen molar-refractivity contribution in [2.24, 2.45) is 0 Å². The van der Waals surface area contributed by atoms with E-state index >= 15 is 0 Å². The van der Waals surface area contributed by atoms with Crippen LogP contribution in [0.4, 0.5) is 0 Å². The first-order chi connectivity index (χ1) is 9.85. The highest BCUT2D eigenvalue weighted by molar-refractivity contribution is 5.67. The van der Waals surface area contributed by atoms with Crippen molar-refractivity contribution in [1.29, 1.82) is 0 Å². The van der Waals surface area contributed by atoms with Crippen molar-refractivity contribution in [2.75, 3.05) is 45.9 Å². The molecule has 8 nitrogen and oxygen atoms in total. The lowest BCUT2D eigenvalue weighted by molar-refractivity contribution is -0.138. The molecule has 0 amide bonds. The van der Waals surface area contributed by atoms with E-state index in [-0.39, 0.29) is 6.61 Å². The number of aliphatic hydroxyl groups excluding tert-OH is 2. The van der Waals surface area contributed by atoms with Crippen molar-refractivity contribution < 1.29 is 30.0 Å². The molecule has 8 heteroatoms. The van der Waals surface area contributed by atoms with Crippen LogP contribution in [0, 0.1) is 0 Å². The standard InChI is InChI=1S/2C5H9NO2.C3H8O2/c2*7-5(8)1-2-6-3-4-6;1-3(5)2-4/h2*1-4H2,(H,7,8);3-5H,2H2,1H3. The summed E-state index contributed by atoms with van der Waals surface area (Å²) in [4.78, 5) is 24.0. The molecule has 0 aromatic rings. The molecule has 2 aliphatic rings. The Morgan fingerprint density at radius 1 is 0.952 bits per heavy atom. The van der Waals surface area contributed by atoms with Gasteiger partial charge in [0.05, 0.1) is 25.6 Å². The molecule has 2 rings (SSSR count). The number of hydrogen-bond acceptors (Lipinski definition) is 6. The van der Waals surface area contributed by atoms with Crippen molar-refractivity contribution in [1.82, 2.24) is 9.80 Å². The van der Waals surface area contributed by atoms with E-state index in [1.807, 2.05) is 0 Å². The van der Waals surface area contributed by atoms with Crippen LogP contribution in [0.5, 0.6) is 0 Å². The van der Waals surface area contributed by atoms with Gasteiger partial charge in [-0.1, -0.05) is 0 Å². The van der Waals surface area contributed by atoms with Gasteiger partial charge in [-0.2, -0.15) is 0 Å². The van der Waals surface area contributed by atoms with E-state index in [4.69, 9.17) is 20.4 Å². The molecule has 124 valence electrons. The highest BCUT2D eigenvalue weighted by atomic mass is 16.4. The summed E-state index contributed by atoms with van der Waals surface area (Å²) >= 11 is 0. The van der Waals surface area contributed by atoms with Crippen LogP contribution in [0.25, 0.3) is 0 Å². The number of carbonyl (C=O) groups is 2. The minimum Gasteiger partial charge on any atom is -0.481 e. The van der Waals surface area contributed by atoms with Gasteiger partial charge in [0.25, 0.3) is 0 Å². The second-order valence-electron chi connectivity index (χ2n) is 5.00. The molecule has 0 bridgehead atoms. The quantitative estimate of drug-likeness (QED) is 0.438. The maximum Gasteiger partial charge on any atom is 0.304 e. The van der Waals surface area contributed by atoms with Gasteiger partial charge in [0.1, 0.15) is 0 Å². The molecular weight excluding hydrogens is 280 g/mol. The average molecular weight is 306 g/mol. The van der Waals surface area contributed by atoms with E-state index < -0.39 is 18.0 Å². The molecule has 2 fully saturated rings. The van der Waals surface area contributed by atoms with Crippen molar-refractivity contribution >= 4 is 11.9 Å². The maximum atomic E-state index is 9.90. The summed E-state index contributed by atoms with van der Waals surface area (Å²) in [6.45, 7) is 7.21. The molecule has 0 radical (unpaired) electrons. The molecule has 0 spiro atoms. The van der Waals surface area contributed by atoms with Gasteiger partial charge in [0.15, 0.2) is 0 Å². The van der Waals surface area contributed by atoms with E-state index in [9.17, 15) is 9.59 Å². The fraction of sp³-hybridized carbons (Fsp3) is 0.846. The van der Waals surface area contributed by atoms with Crippen LogP contribution in [0.2, 0.25) is 0 Å². The molecule has 1 unspecified atom stereocenters. The van der Waals surface area contributed by atoms with E-state index in [1.165, 1.54) is 6.92 Å². The molecule has 4 N–H and O–H groups in total. The van der Waals surface area contributed by atoms with Crippen molar-refractivity contribution in [3.8, 4) is 0 Å². The summed E-state index contributed by atoms with van der Waals surface area (Å²) in [5.41, 5.74) is 0.